The van der Waals surface area contributed by atoms with Crippen molar-refractivity contribution in [2.24, 2.45) is 5.92 Å². The van der Waals surface area contributed by atoms with E-state index in [-0.39, 0.29) is 11.8 Å². The summed E-state index contributed by atoms with van der Waals surface area (Å²) >= 11 is 0. The van der Waals surface area contributed by atoms with Gasteiger partial charge in [-0.2, -0.15) is 13.2 Å². The fraction of sp³-hybridized carbons (Fsp3) is 0.560. The highest BCUT2D eigenvalue weighted by atomic mass is 19.4. The summed E-state index contributed by atoms with van der Waals surface area (Å²) in [6.07, 6.45) is 6.06. The SMILES string of the molecule is CCCCCN(Cc1cccn1Cc1cccc(C(F)(F)F)c1)C(=O)C1CCCCC1. The van der Waals surface area contributed by atoms with Crippen molar-refractivity contribution in [3.05, 3.63) is 59.4 Å². The van der Waals surface area contributed by atoms with Gasteiger partial charge in [-0.3, -0.25) is 4.79 Å². The van der Waals surface area contributed by atoms with Crippen molar-refractivity contribution in [3.8, 4) is 0 Å². The van der Waals surface area contributed by atoms with Crippen LogP contribution in [-0.2, 0) is 24.1 Å². The quantitative estimate of drug-likeness (QED) is 0.405. The fourth-order valence-corrected chi connectivity index (χ4v) is 4.41. The number of unbranched alkanes of at least 4 members (excludes halogenated alkanes) is 2. The molecular weight excluding hydrogens is 401 g/mol. The molecule has 6 heteroatoms. The summed E-state index contributed by atoms with van der Waals surface area (Å²) in [5, 5.41) is 0. The molecule has 3 nitrogen and oxygen atoms in total. The Labute approximate surface area is 183 Å². The lowest BCUT2D eigenvalue weighted by molar-refractivity contribution is -0.138. The third kappa shape index (κ3) is 6.62. The van der Waals surface area contributed by atoms with E-state index in [1.54, 1.807) is 6.07 Å². The van der Waals surface area contributed by atoms with Crippen molar-refractivity contribution in [3.63, 3.8) is 0 Å². The molecule has 0 aliphatic heterocycles. The number of halogens is 3. The molecule has 0 atom stereocenters. The largest absolute Gasteiger partial charge is 0.416 e. The van der Waals surface area contributed by atoms with Crippen molar-refractivity contribution < 1.29 is 18.0 Å². The van der Waals surface area contributed by atoms with Crippen molar-refractivity contribution in [1.82, 2.24) is 9.47 Å². The van der Waals surface area contributed by atoms with Crippen LogP contribution in [0.1, 0.15) is 75.1 Å². The van der Waals surface area contributed by atoms with E-state index in [1.807, 2.05) is 27.8 Å². The molecule has 1 amide bonds. The molecule has 0 bridgehead atoms. The van der Waals surface area contributed by atoms with Gasteiger partial charge < -0.3 is 9.47 Å². The number of carbonyl (C=O) groups excluding carboxylic acids is 1. The smallest absolute Gasteiger partial charge is 0.345 e. The highest BCUT2D eigenvalue weighted by Crippen LogP contribution is 2.30. The van der Waals surface area contributed by atoms with E-state index in [9.17, 15) is 18.0 Å². The predicted octanol–water partition coefficient (Wildman–Crippen LogP) is 6.65. The van der Waals surface area contributed by atoms with Crippen LogP contribution in [0.4, 0.5) is 13.2 Å². The lowest BCUT2D eigenvalue weighted by atomic mass is 9.88. The van der Waals surface area contributed by atoms with Gasteiger partial charge in [-0.15, -0.1) is 0 Å². The molecule has 0 radical (unpaired) electrons. The van der Waals surface area contributed by atoms with Crippen molar-refractivity contribution in [2.75, 3.05) is 6.54 Å². The third-order valence-electron chi connectivity index (χ3n) is 6.18. The Morgan fingerprint density at radius 3 is 2.58 bits per heavy atom. The molecule has 0 unspecified atom stereocenters. The maximum atomic E-state index is 13.2. The molecular formula is C25H33F3N2O. The Hall–Kier alpha value is -2.24. The normalized spacial score (nSPS) is 15.2. The average molecular weight is 435 g/mol. The molecule has 1 fully saturated rings. The number of nitrogens with zero attached hydrogens (tertiary/aromatic N) is 2. The second kappa shape index (κ2) is 10.9. The molecule has 0 saturated heterocycles. The molecule has 0 N–H and O–H groups in total. The molecule has 1 aliphatic rings. The minimum Gasteiger partial charge on any atom is -0.345 e. The number of hydrogen-bond acceptors (Lipinski definition) is 1. The minimum atomic E-state index is -4.35. The van der Waals surface area contributed by atoms with Gasteiger partial charge in [0.05, 0.1) is 12.1 Å². The van der Waals surface area contributed by atoms with Crippen molar-refractivity contribution in [2.45, 2.75) is 77.6 Å². The summed E-state index contributed by atoms with van der Waals surface area (Å²) in [7, 11) is 0. The van der Waals surface area contributed by atoms with E-state index in [4.69, 9.17) is 0 Å². The van der Waals surface area contributed by atoms with Crippen LogP contribution in [0.25, 0.3) is 0 Å². The summed E-state index contributed by atoms with van der Waals surface area (Å²) in [6.45, 7) is 3.74. The van der Waals surface area contributed by atoms with Crippen LogP contribution >= 0.6 is 0 Å². The summed E-state index contributed by atoms with van der Waals surface area (Å²) in [5.41, 5.74) is 0.925. The van der Waals surface area contributed by atoms with Gasteiger partial charge in [-0.1, -0.05) is 51.2 Å². The first-order valence-corrected chi connectivity index (χ1v) is 11.5. The molecule has 0 spiro atoms. The first-order valence-electron chi connectivity index (χ1n) is 11.5. The molecule has 170 valence electrons. The Kier molecular flexibility index (Phi) is 8.22. The zero-order valence-corrected chi connectivity index (χ0v) is 18.3. The third-order valence-corrected chi connectivity index (χ3v) is 6.18. The monoisotopic (exact) mass is 434 g/mol. The molecule has 3 rings (SSSR count). The van der Waals surface area contributed by atoms with E-state index in [2.05, 4.69) is 6.92 Å². The second-order valence-electron chi connectivity index (χ2n) is 8.63. The van der Waals surface area contributed by atoms with Gasteiger partial charge in [0, 0.05) is 30.9 Å². The number of rotatable bonds is 9. The lowest BCUT2D eigenvalue weighted by Gasteiger charge is -2.30. The molecule has 1 aromatic heterocycles. The van der Waals surface area contributed by atoms with E-state index in [1.165, 1.54) is 18.6 Å². The van der Waals surface area contributed by atoms with Gasteiger partial charge in [0.1, 0.15) is 0 Å². The predicted molar refractivity (Wildman–Crippen MR) is 116 cm³/mol. The Bertz CT molecular complexity index is 837. The molecule has 2 aromatic rings. The topological polar surface area (TPSA) is 25.2 Å². The zero-order valence-electron chi connectivity index (χ0n) is 18.3. The number of amides is 1. The molecule has 1 aromatic carbocycles. The van der Waals surface area contributed by atoms with Crippen molar-refractivity contribution >= 4 is 5.91 Å². The molecule has 1 heterocycles. The van der Waals surface area contributed by atoms with Gasteiger partial charge in [0.25, 0.3) is 0 Å². The number of hydrogen-bond donors (Lipinski definition) is 0. The van der Waals surface area contributed by atoms with Gasteiger partial charge in [0.15, 0.2) is 0 Å². The molecule has 1 aliphatic carbocycles. The number of carbonyl (C=O) groups is 1. The van der Waals surface area contributed by atoms with Gasteiger partial charge in [0.2, 0.25) is 5.91 Å². The zero-order chi connectivity index (χ0) is 22.3. The van der Waals surface area contributed by atoms with Crippen LogP contribution in [0.2, 0.25) is 0 Å². The lowest BCUT2D eigenvalue weighted by Crippen LogP contribution is -2.37. The van der Waals surface area contributed by atoms with E-state index >= 15 is 0 Å². The van der Waals surface area contributed by atoms with Crippen LogP contribution in [0.5, 0.6) is 0 Å². The average Bonchev–Trinajstić information content (AvgIpc) is 3.19. The number of aromatic nitrogens is 1. The molecule has 31 heavy (non-hydrogen) atoms. The molecule has 1 saturated carbocycles. The number of benzene rings is 1. The highest BCUT2D eigenvalue weighted by molar-refractivity contribution is 5.78. The first kappa shape index (κ1) is 23.4. The minimum absolute atomic E-state index is 0.113. The Morgan fingerprint density at radius 1 is 1.10 bits per heavy atom. The van der Waals surface area contributed by atoms with Gasteiger partial charge in [-0.25, -0.2) is 0 Å². The van der Waals surface area contributed by atoms with Gasteiger partial charge in [-0.05, 0) is 49.1 Å². The van der Waals surface area contributed by atoms with Gasteiger partial charge >= 0.3 is 6.18 Å². The summed E-state index contributed by atoms with van der Waals surface area (Å²) in [6, 6.07) is 9.33. The van der Waals surface area contributed by atoms with Crippen LogP contribution in [0, 0.1) is 5.92 Å². The Balaban J connectivity index is 1.73. The van der Waals surface area contributed by atoms with Crippen LogP contribution < -0.4 is 0 Å². The second-order valence-corrected chi connectivity index (χ2v) is 8.63. The Morgan fingerprint density at radius 2 is 1.87 bits per heavy atom. The van der Waals surface area contributed by atoms with Crippen LogP contribution in [0.3, 0.4) is 0 Å². The van der Waals surface area contributed by atoms with E-state index in [0.717, 1.165) is 63.3 Å². The van der Waals surface area contributed by atoms with Crippen LogP contribution in [0.15, 0.2) is 42.6 Å². The van der Waals surface area contributed by atoms with E-state index in [0.29, 0.717) is 18.7 Å². The van der Waals surface area contributed by atoms with E-state index < -0.39 is 11.7 Å². The summed E-state index contributed by atoms with van der Waals surface area (Å²) in [4.78, 5) is 15.2. The number of alkyl halides is 3. The summed E-state index contributed by atoms with van der Waals surface area (Å²) < 4.78 is 41.1. The standard InChI is InChI=1S/C25H33F3N2O/c1-2-3-7-15-30(24(31)21-11-5-4-6-12-21)19-23-14-9-16-29(23)18-20-10-8-13-22(17-20)25(26,27)28/h8-10,13-14,16-17,21H,2-7,11-12,15,18-19H2,1H3. The van der Waals surface area contributed by atoms with Crippen molar-refractivity contribution in [1.29, 1.82) is 0 Å². The maximum Gasteiger partial charge on any atom is 0.416 e. The highest BCUT2D eigenvalue weighted by Gasteiger charge is 2.30. The maximum absolute atomic E-state index is 13.2. The van der Waals surface area contributed by atoms with Crippen LogP contribution in [-0.4, -0.2) is 21.9 Å². The summed E-state index contributed by atoms with van der Waals surface area (Å²) in [5.74, 6) is 0.352. The first-order chi connectivity index (χ1) is 14.9. The fourth-order valence-electron chi connectivity index (χ4n) is 4.41.